The smallest absolute Gasteiger partial charge is 0.331 e. The zero-order valence-electron chi connectivity index (χ0n) is 11.0. The molecule has 0 saturated carbocycles. The van der Waals surface area contributed by atoms with Gasteiger partial charge in [-0.25, -0.2) is 4.79 Å². The molecule has 6 nitrogen and oxygen atoms in total. The average Bonchev–Trinajstić information content (AvgIpc) is 2.63. The maximum atomic E-state index is 11.8. The topological polar surface area (TPSA) is 87.4 Å². The van der Waals surface area contributed by atoms with Gasteiger partial charge in [-0.1, -0.05) is 0 Å². The summed E-state index contributed by atoms with van der Waals surface area (Å²) < 4.78 is 1.10. The number of hydrogen-bond donors (Lipinski definition) is 2. The van der Waals surface area contributed by atoms with E-state index >= 15 is 0 Å². The molecule has 0 aromatic carbocycles. The molecule has 0 bridgehead atoms. The first kappa shape index (κ1) is 13.1. The Kier molecular flexibility index (Phi) is 3.25. The zero-order chi connectivity index (χ0) is 14.2. The van der Waals surface area contributed by atoms with Crippen molar-refractivity contribution in [3.63, 3.8) is 0 Å². The van der Waals surface area contributed by atoms with Crippen molar-refractivity contribution in [1.82, 2.24) is 9.55 Å². The van der Waals surface area contributed by atoms with Crippen molar-refractivity contribution < 1.29 is 5.11 Å². The monoisotopic (exact) mass is 261 g/mol. The molecule has 0 atom stereocenters. The molecule has 0 amide bonds. The van der Waals surface area contributed by atoms with Gasteiger partial charge < -0.3 is 5.11 Å². The summed E-state index contributed by atoms with van der Waals surface area (Å²) in [5.41, 5.74) is 1.20. The Balaban J connectivity index is 2.66. The van der Waals surface area contributed by atoms with Gasteiger partial charge in [0.25, 0.3) is 5.56 Å². The van der Waals surface area contributed by atoms with Crippen molar-refractivity contribution in [2.24, 2.45) is 4.99 Å². The number of nitrogens with one attached hydrogen (secondary N) is 1. The molecule has 2 N–H and O–H groups in total. The summed E-state index contributed by atoms with van der Waals surface area (Å²) in [6.07, 6.45) is 3.35. The number of hydrogen-bond acceptors (Lipinski definition) is 4. The van der Waals surface area contributed by atoms with Crippen molar-refractivity contribution in [2.75, 3.05) is 0 Å². The van der Waals surface area contributed by atoms with Gasteiger partial charge in [-0.15, -0.1) is 0 Å². The molecule has 19 heavy (non-hydrogen) atoms. The molecule has 1 aliphatic heterocycles. The molecule has 1 aromatic heterocycles. The van der Waals surface area contributed by atoms with Gasteiger partial charge in [-0.05, 0) is 38.5 Å². The lowest BCUT2D eigenvalue weighted by Crippen LogP contribution is -2.31. The molecule has 1 aromatic rings. The Morgan fingerprint density at radius 1 is 1.42 bits per heavy atom. The second-order valence-corrected chi connectivity index (χ2v) is 4.32. The molecule has 0 radical (unpaired) electrons. The molecule has 0 spiro atoms. The van der Waals surface area contributed by atoms with E-state index in [9.17, 15) is 14.7 Å². The fourth-order valence-corrected chi connectivity index (χ4v) is 1.99. The quantitative estimate of drug-likeness (QED) is 0.833. The maximum Gasteiger partial charge on any atom is 0.331 e. The van der Waals surface area contributed by atoms with Gasteiger partial charge in [0, 0.05) is 18.0 Å². The Labute approximate surface area is 109 Å². The molecule has 6 heteroatoms. The highest BCUT2D eigenvalue weighted by Crippen LogP contribution is 2.20. The van der Waals surface area contributed by atoms with Crippen LogP contribution in [0.25, 0.3) is 6.08 Å². The summed E-state index contributed by atoms with van der Waals surface area (Å²) in [5.74, 6) is -0.325. The van der Waals surface area contributed by atoms with Gasteiger partial charge in [0.15, 0.2) is 0 Å². The van der Waals surface area contributed by atoms with Crippen molar-refractivity contribution in [3.8, 4) is 5.88 Å². The van der Waals surface area contributed by atoms with E-state index in [1.807, 2.05) is 19.9 Å². The van der Waals surface area contributed by atoms with E-state index in [4.69, 9.17) is 0 Å². The van der Waals surface area contributed by atoms with Crippen LogP contribution in [0.15, 0.2) is 31.9 Å². The molecule has 2 rings (SSSR count). The van der Waals surface area contributed by atoms with Crippen LogP contribution in [0.2, 0.25) is 0 Å². The summed E-state index contributed by atoms with van der Waals surface area (Å²) in [6.45, 7) is 5.66. The average molecular weight is 261 g/mol. The maximum absolute atomic E-state index is 11.8. The van der Waals surface area contributed by atoms with E-state index in [0.717, 1.165) is 21.5 Å². The predicted octanol–water partition coefficient (Wildman–Crippen LogP) is 1.02. The number of H-pyrrole nitrogens is 1. The van der Waals surface area contributed by atoms with Crippen molar-refractivity contribution in [2.45, 2.75) is 27.3 Å². The van der Waals surface area contributed by atoms with Gasteiger partial charge in [-0.2, -0.15) is 0 Å². The third-order valence-corrected chi connectivity index (χ3v) is 2.95. The fraction of sp³-hybridized carbons (Fsp3) is 0.308. The highest BCUT2D eigenvalue weighted by molar-refractivity contribution is 6.07. The minimum absolute atomic E-state index is 0.0666. The number of aromatic nitrogens is 2. The largest absolute Gasteiger partial charge is 0.494 e. The van der Waals surface area contributed by atoms with E-state index < -0.39 is 11.2 Å². The SMILES string of the molecule is CCn1c(O)c(C=C2C=C(C)N=C2C)c(=O)[nH]c1=O. The first-order chi connectivity index (χ1) is 8.93. The lowest BCUT2D eigenvalue weighted by Gasteiger charge is -2.07. The second kappa shape index (κ2) is 4.72. The van der Waals surface area contributed by atoms with Crippen LogP contribution in [0.4, 0.5) is 0 Å². The van der Waals surface area contributed by atoms with E-state index in [0.29, 0.717) is 0 Å². The third-order valence-electron chi connectivity index (χ3n) is 2.95. The lowest BCUT2D eigenvalue weighted by molar-refractivity contribution is 0.404. The third kappa shape index (κ3) is 2.29. The van der Waals surface area contributed by atoms with Gasteiger partial charge >= 0.3 is 5.69 Å². The Bertz CT molecular complexity index is 732. The van der Waals surface area contributed by atoms with Crippen molar-refractivity contribution in [1.29, 1.82) is 0 Å². The van der Waals surface area contributed by atoms with E-state index in [-0.39, 0.29) is 18.0 Å². The highest BCUT2D eigenvalue weighted by atomic mass is 16.3. The normalized spacial score (nSPS) is 16.7. The molecule has 0 saturated heterocycles. The molecule has 1 aliphatic rings. The number of aromatic amines is 1. The van der Waals surface area contributed by atoms with Crippen LogP contribution in [0.1, 0.15) is 26.3 Å². The number of nitrogens with zero attached hydrogens (tertiary/aromatic N) is 2. The van der Waals surface area contributed by atoms with Crippen LogP contribution in [-0.4, -0.2) is 20.4 Å². The lowest BCUT2D eigenvalue weighted by atomic mass is 10.1. The van der Waals surface area contributed by atoms with Gasteiger partial charge in [0.05, 0.1) is 0 Å². The summed E-state index contributed by atoms with van der Waals surface area (Å²) in [4.78, 5) is 29.7. The summed E-state index contributed by atoms with van der Waals surface area (Å²) in [5, 5.41) is 10.0. The molecule has 100 valence electrons. The van der Waals surface area contributed by atoms with Gasteiger partial charge in [-0.3, -0.25) is 19.3 Å². The van der Waals surface area contributed by atoms with E-state index in [2.05, 4.69) is 9.98 Å². The molecule has 0 fully saturated rings. The van der Waals surface area contributed by atoms with E-state index in [1.165, 1.54) is 6.08 Å². The number of aliphatic imine (C=N–C) groups is 1. The first-order valence-electron chi connectivity index (χ1n) is 5.95. The van der Waals surface area contributed by atoms with Crippen LogP contribution in [-0.2, 0) is 6.54 Å². The highest BCUT2D eigenvalue weighted by Gasteiger charge is 2.14. The minimum Gasteiger partial charge on any atom is -0.494 e. The number of rotatable bonds is 2. The van der Waals surface area contributed by atoms with Crippen LogP contribution in [0.5, 0.6) is 5.88 Å². The van der Waals surface area contributed by atoms with Crippen molar-refractivity contribution in [3.05, 3.63) is 43.7 Å². The standard InChI is InChI=1S/C13H15N3O3/c1-4-16-12(18)10(11(17)15-13(16)19)6-9-5-7(2)14-8(9)3/h5-6,18H,4H2,1-3H3,(H,15,17,19). The van der Waals surface area contributed by atoms with Gasteiger partial charge in [0.2, 0.25) is 5.88 Å². The zero-order valence-corrected chi connectivity index (χ0v) is 11.0. The van der Waals surface area contributed by atoms with Gasteiger partial charge in [0.1, 0.15) is 5.56 Å². The molecule has 0 aliphatic carbocycles. The first-order valence-corrected chi connectivity index (χ1v) is 5.95. The Morgan fingerprint density at radius 2 is 2.11 bits per heavy atom. The summed E-state index contributed by atoms with van der Waals surface area (Å²) >= 11 is 0. The summed E-state index contributed by atoms with van der Waals surface area (Å²) in [7, 11) is 0. The predicted molar refractivity (Wildman–Crippen MR) is 73.5 cm³/mol. The van der Waals surface area contributed by atoms with E-state index in [1.54, 1.807) is 6.92 Å². The fourth-order valence-electron chi connectivity index (χ4n) is 1.99. The number of aromatic hydroxyl groups is 1. The molecular weight excluding hydrogens is 246 g/mol. The molecule has 2 heterocycles. The second-order valence-electron chi connectivity index (χ2n) is 4.32. The van der Waals surface area contributed by atoms with Crippen LogP contribution >= 0.6 is 0 Å². The van der Waals surface area contributed by atoms with Crippen LogP contribution in [0.3, 0.4) is 0 Å². The summed E-state index contributed by atoms with van der Waals surface area (Å²) in [6, 6.07) is 0. The van der Waals surface area contributed by atoms with Crippen molar-refractivity contribution >= 4 is 11.8 Å². The minimum atomic E-state index is -0.615. The Hall–Kier alpha value is -2.37. The molecular formula is C13H15N3O3. The molecule has 0 unspecified atom stereocenters. The Morgan fingerprint density at radius 3 is 2.63 bits per heavy atom. The van der Waals surface area contributed by atoms with Crippen LogP contribution in [0, 0.1) is 0 Å². The van der Waals surface area contributed by atoms with Crippen LogP contribution < -0.4 is 11.2 Å². The number of allylic oxidation sites excluding steroid dienone is 3.